The third-order valence-corrected chi connectivity index (χ3v) is 4.89. The number of likely N-dealkylation sites (tertiary alicyclic amines) is 1. The van der Waals surface area contributed by atoms with Crippen LogP contribution in [-0.4, -0.2) is 33.5 Å². The van der Waals surface area contributed by atoms with Gasteiger partial charge in [-0.1, -0.05) is 13.0 Å². The van der Waals surface area contributed by atoms with Crippen LogP contribution in [0.2, 0.25) is 0 Å². The summed E-state index contributed by atoms with van der Waals surface area (Å²) in [5.41, 5.74) is 0.832. The molecule has 0 spiro atoms. The maximum absolute atomic E-state index is 11.4. The number of aryl methyl sites for hydroxylation is 1. The zero-order valence-corrected chi connectivity index (χ0v) is 12.9. The van der Waals surface area contributed by atoms with Crippen molar-refractivity contribution in [2.75, 3.05) is 6.54 Å². The second kappa shape index (κ2) is 5.61. The highest BCUT2D eigenvalue weighted by Crippen LogP contribution is 2.29. The summed E-state index contributed by atoms with van der Waals surface area (Å²) in [7, 11) is 0. The van der Waals surface area contributed by atoms with Crippen LogP contribution < -0.4 is 0 Å². The molecule has 0 saturated carbocycles. The number of nitrogens with zero attached hydrogens (tertiary/aromatic N) is 2. The van der Waals surface area contributed by atoms with Gasteiger partial charge in [0.25, 0.3) is 0 Å². The van der Waals surface area contributed by atoms with Crippen molar-refractivity contribution >= 4 is 17.3 Å². The summed E-state index contributed by atoms with van der Waals surface area (Å²) in [4.78, 5) is 18.9. The fourth-order valence-electron chi connectivity index (χ4n) is 2.88. The predicted octanol–water partition coefficient (Wildman–Crippen LogP) is 3.01. The van der Waals surface area contributed by atoms with Crippen molar-refractivity contribution in [3.8, 4) is 10.8 Å². The summed E-state index contributed by atoms with van der Waals surface area (Å²) in [5.74, 6) is 0.810. The normalized spacial score (nSPS) is 22.8. The first-order valence-corrected chi connectivity index (χ1v) is 7.91. The summed E-state index contributed by atoms with van der Waals surface area (Å²) in [5, 5.41) is 11.4. The molecule has 0 aliphatic carbocycles. The second-order valence-electron chi connectivity index (χ2n) is 5.52. The van der Waals surface area contributed by atoms with Gasteiger partial charge in [0.2, 0.25) is 5.89 Å². The van der Waals surface area contributed by atoms with Gasteiger partial charge in [0.1, 0.15) is 11.8 Å². The zero-order valence-electron chi connectivity index (χ0n) is 12.1. The molecule has 3 rings (SSSR count). The van der Waals surface area contributed by atoms with E-state index in [1.807, 2.05) is 36.3 Å². The van der Waals surface area contributed by atoms with Crippen molar-refractivity contribution in [2.45, 2.75) is 32.9 Å². The first kappa shape index (κ1) is 14.3. The van der Waals surface area contributed by atoms with Gasteiger partial charge in [-0.25, -0.2) is 4.98 Å². The molecule has 2 aromatic heterocycles. The van der Waals surface area contributed by atoms with Crippen LogP contribution in [-0.2, 0) is 11.3 Å². The molecule has 2 unspecified atom stereocenters. The lowest BCUT2D eigenvalue weighted by molar-refractivity contribution is -0.143. The molecule has 0 radical (unpaired) electrons. The molecule has 1 saturated heterocycles. The lowest BCUT2D eigenvalue weighted by Crippen LogP contribution is -2.38. The number of carboxylic acid groups (broad SMARTS) is 1. The van der Waals surface area contributed by atoms with Crippen molar-refractivity contribution in [3.63, 3.8) is 0 Å². The van der Waals surface area contributed by atoms with E-state index in [4.69, 9.17) is 4.42 Å². The topological polar surface area (TPSA) is 66.6 Å². The van der Waals surface area contributed by atoms with Crippen LogP contribution in [0.1, 0.15) is 24.8 Å². The summed E-state index contributed by atoms with van der Waals surface area (Å²) in [6.07, 6.45) is 0.908. The van der Waals surface area contributed by atoms with Gasteiger partial charge in [-0.15, -0.1) is 11.3 Å². The largest absolute Gasteiger partial charge is 0.480 e. The number of carbonyl (C=O) groups is 1. The Kier molecular flexibility index (Phi) is 3.82. The van der Waals surface area contributed by atoms with Crippen molar-refractivity contribution in [1.29, 1.82) is 0 Å². The zero-order chi connectivity index (χ0) is 15.0. The molecule has 21 heavy (non-hydrogen) atoms. The minimum Gasteiger partial charge on any atom is -0.480 e. The summed E-state index contributed by atoms with van der Waals surface area (Å²) in [6, 6.07) is 3.51. The molecule has 0 bridgehead atoms. The highest BCUT2D eigenvalue weighted by Gasteiger charge is 2.37. The first-order chi connectivity index (χ1) is 10.1. The van der Waals surface area contributed by atoms with Gasteiger partial charge in [-0.3, -0.25) is 9.69 Å². The smallest absolute Gasteiger partial charge is 0.321 e. The van der Waals surface area contributed by atoms with Crippen LogP contribution in [0.4, 0.5) is 0 Å². The second-order valence-corrected chi connectivity index (χ2v) is 6.47. The Bertz CT molecular complexity index is 635. The van der Waals surface area contributed by atoms with E-state index in [0.717, 1.165) is 29.3 Å². The fourth-order valence-corrected chi connectivity index (χ4v) is 3.53. The van der Waals surface area contributed by atoms with E-state index < -0.39 is 12.0 Å². The molecular formula is C15H18N2O3S. The Balaban J connectivity index is 1.81. The maximum Gasteiger partial charge on any atom is 0.321 e. The van der Waals surface area contributed by atoms with Crippen LogP contribution >= 0.6 is 11.3 Å². The highest BCUT2D eigenvalue weighted by atomic mass is 32.1. The Morgan fingerprint density at radius 2 is 2.43 bits per heavy atom. The average molecular weight is 306 g/mol. The average Bonchev–Trinajstić information content (AvgIpc) is 3.11. The molecule has 2 aromatic rings. The quantitative estimate of drug-likeness (QED) is 0.940. The van der Waals surface area contributed by atoms with E-state index in [1.165, 1.54) is 0 Å². The van der Waals surface area contributed by atoms with E-state index in [-0.39, 0.29) is 5.92 Å². The molecule has 0 amide bonds. The molecule has 3 heterocycles. The molecule has 1 aliphatic heterocycles. The van der Waals surface area contributed by atoms with Gasteiger partial charge >= 0.3 is 5.97 Å². The van der Waals surface area contributed by atoms with Gasteiger partial charge < -0.3 is 9.52 Å². The van der Waals surface area contributed by atoms with E-state index in [1.54, 1.807) is 11.3 Å². The standard InChI is InChI=1S/C15H18N2O3S/c1-9-5-6-17(13(9)15(18)19)8-11-10(2)20-14(16-11)12-4-3-7-21-12/h3-4,7,9,13H,5-6,8H2,1-2H3,(H,18,19). The highest BCUT2D eigenvalue weighted by molar-refractivity contribution is 7.13. The van der Waals surface area contributed by atoms with Gasteiger partial charge in [0, 0.05) is 6.54 Å². The number of hydrogen-bond acceptors (Lipinski definition) is 5. The maximum atomic E-state index is 11.4. The Hall–Kier alpha value is -1.66. The third-order valence-electron chi connectivity index (χ3n) is 4.03. The number of aromatic nitrogens is 1. The lowest BCUT2D eigenvalue weighted by Gasteiger charge is -2.22. The number of aliphatic carboxylic acids is 1. The van der Waals surface area contributed by atoms with Crippen LogP contribution in [0, 0.1) is 12.8 Å². The number of carboxylic acids is 1. The molecule has 1 aliphatic rings. The summed E-state index contributed by atoms with van der Waals surface area (Å²) < 4.78 is 5.72. The number of rotatable bonds is 4. The van der Waals surface area contributed by atoms with E-state index in [0.29, 0.717) is 12.4 Å². The minimum atomic E-state index is -0.750. The SMILES string of the molecule is Cc1oc(-c2cccs2)nc1CN1CCC(C)C1C(=O)O. The van der Waals surface area contributed by atoms with Crippen molar-refractivity contribution in [3.05, 3.63) is 29.0 Å². The van der Waals surface area contributed by atoms with Gasteiger partial charge in [0.05, 0.1) is 10.6 Å². The number of hydrogen-bond donors (Lipinski definition) is 1. The molecule has 112 valence electrons. The number of oxazole rings is 1. The molecule has 1 fully saturated rings. The monoisotopic (exact) mass is 306 g/mol. The van der Waals surface area contributed by atoms with Crippen LogP contribution in [0.5, 0.6) is 0 Å². The Morgan fingerprint density at radius 3 is 3.10 bits per heavy atom. The van der Waals surface area contributed by atoms with Crippen LogP contribution in [0.25, 0.3) is 10.8 Å². The van der Waals surface area contributed by atoms with Crippen molar-refractivity contribution in [1.82, 2.24) is 9.88 Å². The van der Waals surface area contributed by atoms with Gasteiger partial charge in [0.15, 0.2) is 0 Å². The van der Waals surface area contributed by atoms with E-state index in [2.05, 4.69) is 4.98 Å². The first-order valence-electron chi connectivity index (χ1n) is 7.03. The molecule has 5 nitrogen and oxygen atoms in total. The molecular weight excluding hydrogens is 288 g/mol. The van der Waals surface area contributed by atoms with Gasteiger partial charge in [-0.05, 0) is 37.3 Å². The summed E-state index contributed by atoms with van der Waals surface area (Å²) >= 11 is 1.58. The van der Waals surface area contributed by atoms with Crippen LogP contribution in [0.15, 0.2) is 21.9 Å². The van der Waals surface area contributed by atoms with E-state index >= 15 is 0 Å². The lowest BCUT2D eigenvalue weighted by atomic mass is 10.0. The van der Waals surface area contributed by atoms with Gasteiger partial charge in [-0.2, -0.15) is 0 Å². The third kappa shape index (κ3) is 2.73. The number of thiophene rings is 1. The molecule has 2 atom stereocenters. The van der Waals surface area contributed by atoms with Crippen LogP contribution in [0.3, 0.4) is 0 Å². The minimum absolute atomic E-state index is 0.173. The Morgan fingerprint density at radius 1 is 1.62 bits per heavy atom. The molecule has 1 N–H and O–H groups in total. The Labute approximate surface area is 127 Å². The fraction of sp³-hybridized carbons (Fsp3) is 0.467. The summed E-state index contributed by atoms with van der Waals surface area (Å²) in [6.45, 7) is 5.20. The predicted molar refractivity (Wildman–Crippen MR) is 80.2 cm³/mol. The molecule has 6 heteroatoms. The van der Waals surface area contributed by atoms with E-state index in [9.17, 15) is 9.90 Å². The molecule has 0 aromatic carbocycles. The van der Waals surface area contributed by atoms with Crippen molar-refractivity contribution in [2.24, 2.45) is 5.92 Å². The van der Waals surface area contributed by atoms with Crippen molar-refractivity contribution < 1.29 is 14.3 Å².